The Labute approximate surface area is 161 Å². The molecule has 3 aromatic rings. The van der Waals surface area contributed by atoms with E-state index in [0.717, 1.165) is 29.9 Å². The second-order valence-electron chi connectivity index (χ2n) is 6.95. The Morgan fingerprint density at radius 1 is 1.14 bits per heavy atom. The van der Waals surface area contributed by atoms with Gasteiger partial charge in [-0.1, -0.05) is 6.07 Å². The molecule has 1 saturated heterocycles. The van der Waals surface area contributed by atoms with Gasteiger partial charge in [-0.15, -0.1) is 0 Å². The minimum atomic E-state index is -0.845. The van der Waals surface area contributed by atoms with Crippen LogP contribution in [0.5, 0.6) is 0 Å². The molecule has 144 valence electrons. The predicted octanol–water partition coefficient (Wildman–Crippen LogP) is 4.16. The van der Waals surface area contributed by atoms with Crippen molar-refractivity contribution in [3.63, 3.8) is 0 Å². The molecule has 7 heteroatoms. The minimum absolute atomic E-state index is 0.250. The molecule has 0 radical (unpaired) electrons. The summed E-state index contributed by atoms with van der Waals surface area (Å²) in [5, 5.41) is 6.68. The third-order valence-corrected chi connectivity index (χ3v) is 4.97. The van der Waals surface area contributed by atoms with Crippen LogP contribution < -0.4 is 15.5 Å². The maximum Gasteiger partial charge on any atom is 0.319 e. The monoisotopic (exact) mass is 382 g/mol. The van der Waals surface area contributed by atoms with E-state index in [2.05, 4.69) is 15.6 Å². The highest BCUT2D eigenvalue weighted by Gasteiger charge is 2.23. The summed E-state index contributed by atoms with van der Waals surface area (Å²) < 4.78 is 26.5. The Hall–Kier alpha value is -3.22. The summed E-state index contributed by atoms with van der Waals surface area (Å²) in [6, 6.07) is 13.0. The molecule has 2 N–H and O–H groups in total. The number of hydrogen-bond donors (Lipinski definition) is 2. The number of amides is 2. The van der Waals surface area contributed by atoms with Crippen molar-refractivity contribution in [3.8, 4) is 0 Å². The van der Waals surface area contributed by atoms with Crippen molar-refractivity contribution in [2.24, 2.45) is 5.92 Å². The van der Waals surface area contributed by atoms with Gasteiger partial charge in [-0.3, -0.25) is 4.98 Å². The van der Waals surface area contributed by atoms with Gasteiger partial charge in [0.1, 0.15) is 0 Å². The molecule has 1 aliphatic heterocycles. The SMILES string of the molecule is O=C(NCC1CCN(c2ccc(F)c(F)c2)C1)Nc1ccc2ncccc2c1. The molecule has 2 heterocycles. The maximum atomic E-state index is 13.4. The zero-order valence-corrected chi connectivity index (χ0v) is 15.2. The second kappa shape index (κ2) is 7.80. The van der Waals surface area contributed by atoms with Crippen molar-refractivity contribution in [2.75, 3.05) is 29.9 Å². The first-order chi connectivity index (χ1) is 13.6. The van der Waals surface area contributed by atoms with Gasteiger partial charge in [-0.2, -0.15) is 0 Å². The predicted molar refractivity (Wildman–Crippen MR) is 105 cm³/mol. The van der Waals surface area contributed by atoms with Crippen molar-refractivity contribution in [1.82, 2.24) is 10.3 Å². The van der Waals surface area contributed by atoms with E-state index in [9.17, 15) is 13.6 Å². The molecular weight excluding hydrogens is 362 g/mol. The number of halogens is 2. The van der Waals surface area contributed by atoms with Crippen LogP contribution in [-0.4, -0.2) is 30.6 Å². The van der Waals surface area contributed by atoms with Gasteiger partial charge in [0.2, 0.25) is 0 Å². The van der Waals surface area contributed by atoms with Crippen LogP contribution in [0.25, 0.3) is 10.9 Å². The van der Waals surface area contributed by atoms with Gasteiger partial charge in [-0.25, -0.2) is 13.6 Å². The van der Waals surface area contributed by atoms with E-state index in [4.69, 9.17) is 0 Å². The smallest absolute Gasteiger partial charge is 0.319 e. The van der Waals surface area contributed by atoms with Crippen LogP contribution in [0.1, 0.15) is 6.42 Å². The number of anilines is 2. The van der Waals surface area contributed by atoms with Gasteiger partial charge < -0.3 is 15.5 Å². The molecule has 1 aromatic heterocycles. The first kappa shape index (κ1) is 18.2. The van der Waals surface area contributed by atoms with Crippen molar-refractivity contribution in [2.45, 2.75) is 6.42 Å². The van der Waals surface area contributed by atoms with Crippen LogP contribution in [0, 0.1) is 17.6 Å². The normalized spacial score (nSPS) is 16.4. The van der Waals surface area contributed by atoms with Crippen LogP contribution in [0.2, 0.25) is 0 Å². The van der Waals surface area contributed by atoms with Gasteiger partial charge in [0.05, 0.1) is 5.52 Å². The zero-order chi connectivity index (χ0) is 19.5. The highest BCUT2D eigenvalue weighted by molar-refractivity contribution is 5.92. The van der Waals surface area contributed by atoms with E-state index in [1.54, 1.807) is 12.3 Å². The molecule has 1 fully saturated rings. The number of nitrogens with zero attached hydrogens (tertiary/aromatic N) is 2. The van der Waals surface area contributed by atoms with E-state index in [0.29, 0.717) is 24.5 Å². The fourth-order valence-corrected chi connectivity index (χ4v) is 3.48. The molecule has 0 aliphatic carbocycles. The van der Waals surface area contributed by atoms with Crippen LogP contribution in [0.3, 0.4) is 0 Å². The highest BCUT2D eigenvalue weighted by Crippen LogP contribution is 2.25. The molecule has 1 unspecified atom stereocenters. The number of rotatable bonds is 4. The van der Waals surface area contributed by atoms with Gasteiger partial charge in [0, 0.05) is 48.7 Å². The average Bonchev–Trinajstić information content (AvgIpc) is 3.17. The second-order valence-corrected chi connectivity index (χ2v) is 6.95. The summed E-state index contributed by atoms with van der Waals surface area (Å²) in [4.78, 5) is 18.5. The van der Waals surface area contributed by atoms with Crippen molar-refractivity contribution >= 4 is 28.3 Å². The number of carbonyl (C=O) groups is 1. The quantitative estimate of drug-likeness (QED) is 0.712. The maximum absolute atomic E-state index is 13.4. The van der Waals surface area contributed by atoms with E-state index >= 15 is 0 Å². The van der Waals surface area contributed by atoms with Gasteiger partial charge in [0.25, 0.3) is 0 Å². The molecule has 4 rings (SSSR count). The largest absolute Gasteiger partial charge is 0.371 e. The van der Waals surface area contributed by atoms with E-state index in [1.165, 1.54) is 6.07 Å². The summed E-state index contributed by atoms with van der Waals surface area (Å²) in [7, 11) is 0. The number of urea groups is 1. The molecule has 2 amide bonds. The van der Waals surface area contributed by atoms with Crippen molar-refractivity contribution < 1.29 is 13.6 Å². The highest BCUT2D eigenvalue weighted by atomic mass is 19.2. The number of benzene rings is 2. The number of hydrogen-bond acceptors (Lipinski definition) is 3. The van der Waals surface area contributed by atoms with Gasteiger partial charge >= 0.3 is 6.03 Å². The topological polar surface area (TPSA) is 57.3 Å². The van der Waals surface area contributed by atoms with Crippen LogP contribution in [0.15, 0.2) is 54.7 Å². The van der Waals surface area contributed by atoms with E-state index < -0.39 is 11.6 Å². The fourth-order valence-electron chi connectivity index (χ4n) is 3.48. The molecular formula is C21H20F2N4O. The minimum Gasteiger partial charge on any atom is -0.371 e. The molecule has 0 saturated carbocycles. The zero-order valence-electron chi connectivity index (χ0n) is 15.2. The lowest BCUT2D eigenvalue weighted by Gasteiger charge is -2.19. The Balaban J connectivity index is 1.29. The molecule has 0 bridgehead atoms. The van der Waals surface area contributed by atoms with E-state index in [-0.39, 0.29) is 11.9 Å². The number of fused-ring (bicyclic) bond motifs is 1. The van der Waals surface area contributed by atoms with Crippen molar-refractivity contribution in [3.05, 3.63) is 66.4 Å². The first-order valence-electron chi connectivity index (χ1n) is 9.18. The standard InChI is InChI=1S/C21H20F2N4O/c22-18-5-4-17(11-19(18)23)27-9-7-14(13-27)12-25-21(28)26-16-3-6-20-15(10-16)2-1-8-24-20/h1-6,8,10-11,14H,7,9,12-13H2,(H2,25,26,28). The Morgan fingerprint density at radius 2 is 2.04 bits per heavy atom. The van der Waals surface area contributed by atoms with Gasteiger partial charge in [-0.05, 0) is 48.7 Å². The lowest BCUT2D eigenvalue weighted by molar-refractivity contribution is 0.250. The summed E-state index contributed by atoms with van der Waals surface area (Å²) in [6.07, 6.45) is 2.61. The lowest BCUT2D eigenvalue weighted by atomic mass is 10.1. The van der Waals surface area contributed by atoms with Gasteiger partial charge in [0.15, 0.2) is 11.6 Å². The molecule has 2 aromatic carbocycles. The van der Waals surface area contributed by atoms with Crippen LogP contribution >= 0.6 is 0 Å². The fraction of sp³-hybridized carbons (Fsp3) is 0.238. The number of pyridine rings is 1. The number of aromatic nitrogens is 1. The van der Waals surface area contributed by atoms with E-state index in [1.807, 2.05) is 35.2 Å². The number of nitrogens with one attached hydrogen (secondary N) is 2. The third-order valence-electron chi connectivity index (χ3n) is 4.97. The molecule has 1 aliphatic rings. The summed E-state index contributed by atoms with van der Waals surface area (Å²) in [5.74, 6) is -1.44. The average molecular weight is 382 g/mol. The third kappa shape index (κ3) is 4.03. The van der Waals surface area contributed by atoms with Crippen LogP contribution in [-0.2, 0) is 0 Å². The molecule has 5 nitrogen and oxygen atoms in total. The summed E-state index contributed by atoms with van der Waals surface area (Å²) >= 11 is 0. The summed E-state index contributed by atoms with van der Waals surface area (Å²) in [6.45, 7) is 1.95. The molecule has 0 spiro atoms. The Bertz CT molecular complexity index is 1010. The molecule has 28 heavy (non-hydrogen) atoms. The lowest BCUT2D eigenvalue weighted by Crippen LogP contribution is -2.34. The Morgan fingerprint density at radius 3 is 2.89 bits per heavy atom. The first-order valence-corrected chi connectivity index (χ1v) is 9.18. The molecule has 1 atom stereocenters. The Kier molecular flexibility index (Phi) is 5.06. The van der Waals surface area contributed by atoms with Crippen molar-refractivity contribution in [1.29, 1.82) is 0 Å². The summed E-state index contributed by atoms with van der Waals surface area (Å²) in [5.41, 5.74) is 2.24. The van der Waals surface area contributed by atoms with Crippen LogP contribution in [0.4, 0.5) is 25.0 Å². The number of carbonyl (C=O) groups excluding carboxylic acids is 1.